The second kappa shape index (κ2) is 8.81. The normalized spacial score (nSPS) is 27.4. The summed E-state index contributed by atoms with van der Waals surface area (Å²) in [4.78, 5) is 33.7. The van der Waals surface area contributed by atoms with E-state index in [0.29, 0.717) is 17.3 Å². The van der Waals surface area contributed by atoms with Crippen LogP contribution in [0.5, 0.6) is 0 Å². The topological polar surface area (TPSA) is 107 Å². The summed E-state index contributed by atoms with van der Waals surface area (Å²) in [5.74, 6) is 1.55. The molecule has 4 bridgehead atoms. The first-order valence-electron chi connectivity index (χ1n) is 13.4. The van der Waals surface area contributed by atoms with E-state index in [4.69, 9.17) is 0 Å². The SMILES string of the molecule is O=C(Nc1ccccn1)c1ccc2[nH]c(-c3ccc(NC(=O)C45CC6CC(C4)C(O)C(C6)C5)cc3)cc2c1. The number of carbonyl (C=O) groups excluding carboxylic acids is 2. The number of aromatic nitrogens is 2. The highest BCUT2D eigenvalue weighted by molar-refractivity contribution is 6.06. The Bertz CT molecular complexity index is 1510. The number of nitrogens with zero attached hydrogens (tertiary/aromatic N) is 1. The summed E-state index contributed by atoms with van der Waals surface area (Å²) in [6.45, 7) is 0. The Morgan fingerprint density at radius 1 is 0.921 bits per heavy atom. The Kier molecular flexibility index (Phi) is 5.37. The van der Waals surface area contributed by atoms with Crippen molar-refractivity contribution in [1.29, 1.82) is 0 Å². The van der Waals surface area contributed by atoms with E-state index in [2.05, 4.69) is 20.6 Å². The molecule has 2 amide bonds. The molecule has 2 atom stereocenters. The van der Waals surface area contributed by atoms with E-state index in [1.165, 1.54) is 0 Å². The monoisotopic (exact) mass is 506 g/mol. The van der Waals surface area contributed by atoms with Gasteiger partial charge in [0, 0.05) is 34.0 Å². The standard InChI is InChI=1S/C31H30N4O3/c36-28-22-11-18-12-23(28)17-31(15-18,16-22)30(38)33-24-7-4-19(5-8-24)26-14-21-13-20(6-9-25(21)34-26)29(37)35-27-3-1-2-10-32-27/h1-10,13-14,18,22-23,28,34,36H,11-12,15-17H2,(H,33,38)(H,32,35,37). The Hall–Kier alpha value is -3.97. The number of amides is 2. The van der Waals surface area contributed by atoms with E-state index in [-0.39, 0.29) is 35.2 Å². The molecule has 4 N–H and O–H groups in total. The second-order valence-corrected chi connectivity index (χ2v) is 11.4. The molecule has 0 saturated heterocycles. The molecule has 192 valence electrons. The Labute approximate surface area is 220 Å². The van der Waals surface area contributed by atoms with Gasteiger partial charge in [-0.2, -0.15) is 0 Å². The summed E-state index contributed by atoms with van der Waals surface area (Å²) in [5, 5.41) is 17.5. The summed E-state index contributed by atoms with van der Waals surface area (Å²) in [5.41, 5.74) is 3.90. The molecule has 2 heterocycles. The van der Waals surface area contributed by atoms with Gasteiger partial charge in [0.1, 0.15) is 5.82 Å². The van der Waals surface area contributed by atoms with Crippen LogP contribution in [0.4, 0.5) is 11.5 Å². The first-order valence-corrected chi connectivity index (χ1v) is 13.4. The largest absolute Gasteiger partial charge is 0.393 e. The highest BCUT2D eigenvalue weighted by atomic mass is 16.3. The van der Waals surface area contributed by atoms with E-state index in [1.54, 1.807) is 24.4 Å². The highest BCUT2D eigenvalue weighted by Gasteiger charge is 2.58. The molecule has 4 aliphatic carbocycles. The number of hydrogen-bond donors (Lipinski definition) is 4. The van der Waals surface area contributed by atoms with E-state index in [0.717, 1.165) is 60.0 Å². The number of benzene rings is 2. The number of H-pyrrole nitrogens is 1. The molecule has 4 aliphatic rings. The van der Waals surface area contributed by atoms with E-state index < -0.39 is 0 Å². The lowest BCUT2D eigenvalue weighted by atomic mass is 9.48. The highest BCUT2D eigenvalue weighted by Crippen LogP contribution is 2.60. The van der Waals surface area contributed by atoms with Crippen molar-refractivity contribution >= 4 is 34.2 Å². The van der Waals surface area contributed by atoms with Crippen LogP contribution in [0, 0.1) is 23.2 Å². The van der Waals surface area contributed by atoms with Gasteiger partial charge in [0.05, 0.1) is 11.5 Å². The van der Waals surface area contributed by atoms with Crippen molar-refractivity contribution in [2.24, 2.45) is 23.2 Å². The molecule has 0 radical (unpaired) electrons. The average molecular weight is 507 g/mol. The maximum atomic E-state index is 13.4. The molecule has 0 spiro atoms. The third-order valence-electron chi connectivity index (χ3n) is 8.95. The van der Waals surface area contributed by atoms with Crippen LogP contribution in [0.2, 0.25) is 0 Å². The molecular formula is C31H30N4O3. The molecule has 7 heteroatoms. The smallest absolute Gasteiger partial charge is 0.256 e. The Morgan fingerprint density at radius 3 is 2.45 bits per heavy atom. The average Bonchev–Trinajstić information content (AvgIpc) is 3.36. The zero-order valence-electron chi connectivity index (χ0n) is 21.0. The van der Waals surface area contributed by atoms with Crippen LogP contribution in [0.25, 0.3) is 22.2 Å². The third-order valence-corrected chi connectivity index (χ3v) is 8.95. The van der Waals surface area contributed by atoms with Gasteiger partial charge in [-0.25, -0.2) is 4.98 Å². The fraction of sp³-hybridized carbons (Fsp3) is 0.323. The number of nitrogens with one attached hydrogen (secondary N) is 3. The number of rotatable bonds is 5. The van der Waals surface area contributed by atoms with Gasteiger partial charge in [-0.1, -0.05) is 18.2 Å². The van der Waals surface area contributed by atoms with Crippen molar-refractivity contribution in [3.63, 3.8) is 0 Å². The fourth-order valence-electron chi connectivity index (χ4n) is 7.33. The van der Waals surface area contributed by atoms with Crippen LogP contribution in [0.1, 0.15) is 42.5 Å². The maximum Gasteiger partial charge on any atom is 0.256 e. The van der Waals surface area contributed by atoms with Crippen LogP contribution in [-0.4, -0.2) is 33.0 Å². The first kappa shape index (κ1) is 23.2. The minimum Gasteiger partial charge on any atom is -0.393 e. The molecule has 38 heavy (non-hydrogen) atoms. The summed E-state index contributed by atoms with van der Waals surface area (Å²) in [7, 11) is 0. The number of aromatic amines is 1. The predicted molar refractivity (Wildman–Crippen MR) is 147 cm³/mol. The summed E-state index contributed by atoms with van der Waals surface area (Å²) < 4.78 is 0. The maximum absolute atomic E-state index is 13.4. The second-order valence-electron chi connectivity index (χ2n) is 11.4. The molecule has 2 aromatic carbocycles. The van der Waals surface area contributed by atoms with Crippen molar-refractivity contribution in [3.05, 3.63) is 78.5 Å². The van der Waals surface area contributed by atoms with E-state index in [9.17, 15) is 14.7 Å². The van der Waals surface area contributed by atoms with Crippen LogP contribution in [0.15, 0.2) is 72.9 Å². The summed E-state index contributed by atoms with van der Waals surface area (Å²) in [6, 6.07) is 20.9. The van der Waals surface area contributed by atoms with Gasteiger partial charge >= 0.3 is 0 Å². The molecule has 0 aliphatic heterocycles. The molecule has 2 unspecified atom stereocenters. The van der Waals surface area contributed by atoms with Crippen LogP contribution >= 0.6 is 0 Å². The number of hydrogen-bond acceptors (Lipinski definition) is 4. The minimum absolute atomic E-state index is 0.110. The lowest BCUT2D eigenvalue weighted by molar-refractivity contribution is -0.158. The molecule has 4 aromatic rings. The van der Waals surface area contributed by atoms with Gasteiger partial charge in [0.15, 0.2) is 0 Å². The minimum atomic E-state index is -0.327. The van der Waals surface area contributed by atoms with Gasteiger partial charge in [-0.3, -0.25) is 9.59 Å². The lowest BCUT2D eigenvalue weighted by Gasteiger charge is -2.57. The van der Waals surface area contributed by atoms with Crippen molar-refractivity contribution < 1.29 is 14.7 Å². The zero-order valence-corrected chi connectivity index (χ0v) is 21.0. The fourth-order valence-corrected chi connectivity index (χ4v) is 7.33. The lowest BCUT2D eigenvalue weighted by Crippen LogP contribution is -2.57. The number of aliphatic hydroxyl groups is 1. The van der Waals surface area contributed by atoms with Crippen molar-refractivity contribution in [2.45, 2.75) is 38.2 Å². The van der Waals surface area contributed by atoms with Crippen LogP contribution in [0.3, 0.4) is 0 Å². The number of carbonyl (C=O) groups is 2. The molecule has 8 rings (SSSR count). The predicted octanol–water partition coefficient (Wildman–Crippen LogP) is 5.61. The van der Waals surface area contributed by atoms with Gasteiger partial charge in [-0.05, 0) is 104 Å². The zero-order chi connectivity index (χ0) is 25.9. The Balaban J connectivity index is 1.06. The molecule has 4 saturated carbocycles. The van der Waals surface area contributed by atoms with Crippen molar-refractivity contribution in [3.8, 4) is 11.3 Å². The van der Waals surface area contributed by atoms with Crippen molar-refractivity contribution in [2.75, 3.05) is 10.6 Å². The first-order chi connectivity index (χ1) is 18.5. The summed E-state index contributed by atoms with van der Waals surface area (Å²) >= 11 is 0. The molecular weight excluding hydrogens is 476 g/mol. The summed E-state index contributed by atoms with van der Waals surface area (Å²) in [6.07, 6.45) is 6.12. The van der Waals surface area contributed by atoms with E-state index in [1.807, 2.05) is 48.5 Å². The number of aliphatic hydroxyl groups excluding tert-OH is 1. The third kappa shape index (κ3) is 3.98. The van der Waals surface area contributed by atoms with Gasteiger partial charge in [-0.15, -0.1) is 0 Å². The number of pyridine rings is 1. The molecule has 4 fully saturated rings. The Morgan fingerprint density at radius 2 is 1.71 bits per heavy atom. The molecule has 7 nitrogen and oxygen atoms in total. The van der Waals surface area contributed by atoms with Crippen LogP contribution in [-0.2, 0) is 4.79 Å². The molecule has 2 aromatic heterocycles. The van der Waals surface area contributed by atoms with Gasteiger partial charge in [0.2, 0.25) is 5.91 Å². The van der Waals surface area contributed by atoms with Gasteiger partial charge < -0.3 is 20.7 Å². The number of fused-ring (bicyclic) bond motifs is 1. The van der Waals surface area contributed by atoms with Gasteiger partial charge in [0.25, 0.3) is 5.91 Å². The number of anilines is 2. The quantitative estimate of drug-likeness (QED) is 0.282. The van der Waals surface area contributed by atoms with Crippen molar-refractivity contribution in [1.82, 2.24) is 9.97 Å². The van der Waals surface area contributed by atoms with Crippen LogP contribution < -0.4 is 10.6 Å². The van der Waals surface area contributed by atoms with E-state index >= 15 is 0 Å².